The van der Waals surface area contributed by atoms with Crippen LogP contribution in [0.2, 0.25) is 0 Å². The molecule has 0 bridgehead atoms. The third kappa shape index (κ3) is 7.86. The second-order valence-electron chi connectivity index (χ2n) is 7.94. The summed E-state index contributed by atoms with van der Waals surface area (Å²) in [6.07, 6.45) is 1.14. The molecule has 0 amide bonds. The Balaban J connectivity index is 0.00000364. The molecule has 154 valence electrons. The number of nitrogens with zero attached hydrogens (tertiary/aromatic N) is 2. The summed E-state index contributed by atoms with van der Waals surface area (Å²) in [5.74, 6) is 2.49. The Kier molecular flexibility index (Phi) is 10.4. The van der Waals surface area contributed by atoms with Crippen molar-refractivity contribution >= 4 is 29.9 Å². The molecule has 27 heavy (non-hydrogen) atoms. The Morgan fingerprint density at radius 2 is 2.07 bits per heavy atom. The fourth-order valence-corrected chi connectivity index (χ4v) is 3.19. The first kappa shape index (κ1) is 24.0. The van der Waals surface area contributed by atoms with Gasteiger partial charge in [0.2, 0.25) is 0 Å². The van der Waals surface area contributed by atoms with E-state index in [0.29, 0.717) is 19.1 Å². The van der Waals surface area contributed by atoms with Gasteiger partial charge in [-0.15, -0.1) is 24.0 Å². The lowest BCUT2D eigenvalue weighted by Gasteiger charge is -2.25. The molecule has 1 unspecified atom stereocenters. The van der Waals surface area contributed by atoms with E-state index in [1.807, 2.05) is 12.1 Å². The number of aliphatic imine (C=N–C) groups is 1. The van der Waals surface area contributed by atoms with Crippen molar-refractivity contribution < 1.29 is 9.47 Å². The van der Waals surface area contributed by atoms with Gasteiger partial charge in [0.25, 0.3) is 0 Å². The minimum atomic E-state index is 0. The van der Waals surface area contributed by atoms with Crippen LogP contribution in [-0.4, -0.2) is 57.4 Å². The van der Waals surface area contributed by atoms with Gasteiger partial charge in [-0.05, 0) is 30.4 Å². The lowest BCUT2D eigenvalue weighted by Crippen LogP contribution is -2.41. The van der Waals surface area contributed by atoms with Gasteiger partial charge >= 0.3 is 0 Å². The van der Waals surface area contributed by atoms with E-state index in [0.717, 1.165) is 44.4 Å². The lowest BCUT2D eigenvalue weighted by molar-refractivity contribution is 0.181. The number of para-hydroxylation sites is 1. The number of ether oxygens (including phenoxy) is 2. The average molecular weight is 489 g/mol. The number of halogens is 1. The van der Waals surface area contributed by atoms with E-state index in [-0.39, 0.29) is 29.4 Å². The predicted molar refractivity (Wildman–Crippen MR) is 124 cm³/mol. The molecule has 0 spiro atoms. The molecule has 1 atom stereocenters. The van der Waals surface area contributed by atoms with Crippen LogP contribution < -0.4 is 10.1 Å². The number of guanidine groups is 1. The largest absolute Gasteiger partial charge is 0.491 e. The van der Waals surface area contributed by atoms with E-state index in [4.69, 9.17) is 14.5 Å². The van der Waals surface area contributed by atoms with Crippen molar-refractivity contribution in [2.24, 2.45) is 10.9 Å². The van der Waals surface area contributed by atoms with Crippen LogP contribution >= 0.6 is 24.0 Å². The van der Waals surface area contributed by atoms with Gasteiger partial charge in [0.1, 0.15) is 12.4 Å². The molecule has 1 fully saturated rings. The van der Waals surface area contributed by atoms with E-state index in [2.05, 4.69) is 57.1 Å². The highest BCUT2D eigenvalue weighted by Crippen LogP contribution is 2.30. The van der Waals surface area contributed by atoms with Crippen LogP contribution in [0.15, 0.2) is 29.3 Å². The van der Waals surface area contributed by atoms with Crippen molar-refractivity contribution in [3.8, 4) is 5.75 Å². The minimum Gasteiger partial charge on any atom is -0.491 e. The van der Waals surface area contributed by atoms with E-state index < -0.39 is 0 Å². The zero-order chi connectivity index (χ0) is 19.0. The monoisotopic (exact) mass is 489 g/mol. The first-order chi connectivity index (χ1) is 12.4. The van der Waals surface area contributed by atoms with Gasteiger partial charge in [-0.25, -0.2) is 4.99 Å². The van der Waals surface area contributed by atoms with Gasteiger partial charge in [-0.3, -0.25) is 0 Å². The minimum absolute atomic E-state index is 0. The molecule has 2 rings (SSSR count). The highest BCUT2D eigenvalue weighted by atomic mass is 127. The van der Waals surface area contributed by atoms with Crippen LogP contribution in [0.1, 0.15) is 39.7 Å². The second kappa shape index (κ2) is 11.7. The van der Waals surface area contributed by atoms with E-state index in [9.17, 15) is 0 Å². The first-order valence-electron chi connectivity index (χ1n) is 9.71. The number of rotatable bonds is 7. The van der Waals surface area contributed by atoms with Crippen LogP contribution in [0.3, 0.4) is 0 Å². The molecule has 5 nitrogen and oxygen atoms in total. The van der Waals surface area contributed by atoms with Crippen molar-refractivity contribution in [3.63, 3.8) is 0 Å². The second-order valence-corrected chi connectivity index (χ2v) is 7.94. The Labute approximate surface area is 181 Å². The van der Waals surface area contributed by atoms with Crippen molar-refractivity contribution in [1.82, 2.24) is 10.2 Å². The van der Waals surface area contributed by atoms with E-state index in [1.165, 1.54) is 5.56 Å². The maximum absolute atomic E-state index is 6.03. The van der Waals surface area contributed by atoms with E-state index >= 15 is 0 Å². The topological polar surface area (TPSA) is 46.1 Å². The molecule has 1 saturated heterocycles. The fourth-order valence-electron chi connectivity index (χ4n) is 3.19. The number of benzene rings is 1. The van der Waals surface area contributed by atoms with Crippen LogP contribution in [0.5, 0.6) is 5.75 Å². The van der Waals surface area contributed by atoms with E-state index in [1.54, 1.807) is 0 Å². The summed E-state index contributed by atoms with van der Waals surface area (Å²) in [6, 6.07) is 8.27. The molecule has 1 aliphatic heterocycles. The number of hydrogen-bond acceptors (Lipinski definition) is 3. The summed E-state index contributed by atoms with van der Waals surface area (Å²) < 4.78 is 11.5. The normalized spacial score (nSPS) is 17.4. The zero-order valence-electron chi connectivity index (χ0n) is 17.5. The molecule has 1 aromatic carbocycles. The maximum atomic E-state index is 6.03. The SMILES string of the molecule is CCNC(=NCCOc1ccccc1C(C)(C)C)N(C)CC1CCOC1.I. The summed E-state index contributed by atoms with van der Waals surface area (Å²) in [6.45, 7) is 13.5. The zero-order valence-corrected chi connectivity index (χ0v) is 19.8. The summed E-state index contributed by atoms with van der Waals surface area (Å²) in [5.41, 5.74) is 1.30. The number of hydrogen-bond donors (Lipinski definition) is 1. The predicted octanol–water partition coefficient (Wildman–Crippen LogP) is 3.91. The summed E-state index contributed by atoms with van der Waals surface area (Å²) in [5, 5.41) is 3.37. The van der Waals surface area contributed by atoms with Gasteiger partial charge in [0, 0.05) is 32.7 Å². The molecule has 1 heterocycles. The number of nitrogens with one attached hydrogen (secondary N) is 1. The Bertz CT molecular complexity index is 581. The first-order valence-corrected chi connectivity index (χ1v) is 9.71. The van der Waals surface area contributed by atoms with Gasteiger partial charge in [-0.1, -0.05) is 39.0 Å². The van der Waals surface area contributed by atoms with Crippen LogP contribution in [-0.2, 0) is 10.2 Å². The van der Waals surface area contributed by atoms with Crippen LogP contribution in [0.4, 0.5) is 0 Å². The molecular weight excluding hydrogens is 453 g/mol. The molecule has 1 aromatic rings. The fraction of sp³-hybridized carbons (Fsp3) is 0.667. The Morgan fingerprint density at radius 3 is 2.70 bits per heavy atom. The van der Waals surface area contributed by atoms with Crippen molar-refractivity contribution in [2.45, 2.75) is 39.5 Å². The average Bonchev–Trinajstić information content (AvgIpc) is 3.10. The summed E-state index contributed by atoms with van der Waals surface area (Å²) in [4.78, 5) is 6.93. The lowest BCUT2D eigenvalue weighted by atomic mass is 9.86. The maximum Gasteiger partial charge on any atom is 0.193 e. The molecule has 0 aromatic heterocycles. The van der Waals surface area contributed by atoms with Gasteiger partial charge < -0.3 is 19.7 Å². The molecule has 0 aliphatic carbocycles. The van der Waals surface area contributed by atoms with Crippen LogP contribution in [0.25, 0.3) is 0 Å². The standard InChI is InChI=1S/C21H35N3O2.HI/c1-6-22-20(24(5)15-17-11-13-25-16-17)23-12-14-26-19-10-8-7-9-18(19)21(2,3)4;/h7-10,17H,6,11-16H2,1-5H3,(H,22,23);1H. The van der Waals surface area contributed by atoms with Crippen molar-refractivity contribution in [1.29, 1.82) is 0 Å². The summed E-state index contributed by atoms with van der Waals surface area (Å²) >= 11 is 0. The molecule has 0 radical (unpaired) electrons. The molecule has 6 heteroatoms. The van der Waals surface area contributed by atoms with Crippen LogP contribution in [0, 0.1) is 5.92 Å². The van der Waals surface area contributed by atoms with Gasteiger partial charge in [0.15, 0.2) is 5.96 Å². The smallest absolute Gasteiger partial charge is 0.193 e. The quantitative estimate of drug-likeness (QED) is 0.273. The third-order valence-electron chi connectivity index (χ3n) is 4.56. The third-order valence-corrected chi connectivity index (χ3v) is 4.56. The van der Waals surface area contributed by atoms with Crippen molar-refractivity contribution in [2.75, 3.05) is 46.5 Å². The van der Waals surface area contributed by atoms with Gasteiger partial charge in [0.05, 0.1) is 13.2 Å². The Morgan fingerprint density at radius 1 is 1.33 bits per heavy atom. The molecule has 1 aliphatic rings. The summed E-state index contributed by atoms with van der Waals surface area (Å²) in [7, 11) is 2.09. The Hall–Kier alpha value is -1.02. The van der Waals surface area contributed by atoms with Crippen molar-refractivity contribution in [3.05, 3.63) is 29.8 Å². The molecule has 1 N–H and O–H groups in total. The highest BCUT2D eigenvalue weighted by molar-refractivity contribution is 14.0. The highest BCUT2D eigenvalue weighted by Gasteiger charge is 2.19. The molecular formula is C21H36IN3O2. The molecule has 0 saturated carbocycles. The van der Waals surface area contributed by atoms with Gasteiger partial charge in [-0.2, -0.15) is 0 Å².